The van der Waals surface area contributed by atoms with Crippen molar-refractivity contribution < 1.29 is 38.4 Å². The van der Waals surface area contributed by atoms with E-state index in [-0.39, 0.29) is 50.5 Å². The minimum absolute atomic E-state index is 0.0538. The van der Waals surface area contributed by atoms with Gasteiger partial charge in [-0.2, -0.15) is 0 Å². The standard InChI is InChI=1S/C48H91NO8/c1-7-10-12-14-16-18-20-22-24-26-28-30-32-34-36-38-44(50)56-43(40-41-54-46(52)42-49(5)6)47(48(4,53)55-9-3)57-45(51)39-37-35-33-31-29-27-25-23-21-19-17-15-13-11-8-2/h53H,7-42H2,1-6H3/b47-43-/t48-/m1/s1. The van der Waals surface area contributed by atoms with Gasteiger partial charge in [0, 0.05) is 25.9 Å². The number of aliphatic hydroxyl groups is 1. The summed E-state index contributed by atoms with van der Waals surface area (Å²) in [6, 6.07) is 0. The van der Waals surface area contributed by atoms with Crippen molar-refractivity contribution in [2.75, 3.05) is 33.9 Å². The molecule has 0 unspecified atom stereocenters. The van der Waals surface area contributed by atoms with Crippen molar-refractivity contribution >= 4 is 17.9 Å². The van der Waals surface area contributed by atoms with Crippen LogP contribution in [0, 0.1) is 0 Å². The Labute approximate surface area is 351 Å². The van der Waals surface area contributed by atoms with Gasteiger partial charge in [0.05, 0.1) is 13.2 Å². The zero-order valence-corrected chi connectivity index (χ0v) is 38.2. The van der Waals surface area contributed by atoms with E-state index in [0.29, 0.717) is 12.8 Å². The fourth-order valence-electron chi connectivity index (χ4n) is 7.16. The molecule has 0 aliphatic rings. The zero-order chi connectivity index (χ0) is 42.2. The summed E-state index contributed by atoms with van der Waals surface area (Å²) in [4.78, 5) is 40.1. The number of rotatable bonds is 42. The van der Waals surface area contributed by atoms with Crippen LogP contribution in [0.15, 0.2) is 11.5 Å². The first-order valence-electron chi connectivity index (χ1n) is 23.9. The van der Waals surface area contributed by atoms with Crippen LogP contribution in [-0.4, -0.2) is 67.6 Å². The molecule has 0 saturated heterocycles. The van der Waals surface area contributed by atoms with E-state index < -0.39 is 23.7 Å². The molecule has 336 valence electrons. The number of esters is 3. The van der Waals surface area contributed by atoms with Gasteiger partial charge in [-0.05, 0) is 40.8 Å². The smallest absolute Gasteiger partial charge is 0.320 e. The Bertz CT molecular complexity index is 995. The number of likely N-dealkylation sites (N-methyl/N-ethyl adjacent to an activating group) is 1. The number of ether oxygens (including phenoxy) is 4. The molecule has 0 spiro atoms. The Kier molecular flexibility index (Phi) is 38.1. The van der Waals surface area contributed by atoms with Gasteiger partial charge in [0.25, 0.3) is 0 Å². The quantitative estimate of drug-likeness (QED) is 0.0212. The van der Waals surface area contributed by atoms with Gasteiger partial charge in [-0.1, -0.05) is 194 Å². The van der Waals surface area contributed by atoms with Gasteiger partial charge in [0.15, 0.2) is 5.76 Å². The second-order valence-electron chi connectivity index (χ2n) is 16.7. The SMILES string of the molecule is CCCCCCCCCCCCCCCCCC(=O)O/C(CCOC(=O)CN(C)C)=C(\OC(=O)CCCCCCCCCCCCCCCCC)[C@](C)(O)OCC. The van der Waals surface area contributed by atoms with Crippen LogP contribution in [0.5, 0.6) is 0 Å². The van der Waals surface area contributed by atoms with Crippen LogP contribution in [-0.2, 0) is 33.3 Å². The average Bonchev–Trinajstić information content (AvgIpc) is 3.16. The molecule has 0 aromatic heterocycles. The lowest BCUT2D eigenvalue weighted by molar-refractivity contribution is -0.193. The van der Waals surface area contributed by atoms with Crippen molar-refractivity contribution in [3.05, 3.63) is 11.5 Å². The number of nitrogens with zero attached hydrogens (tertiary/aromatic N) is 1. The van der Waals surface area contributed by atoms with E-state index >= 15 is 0 Å². The van der Waals surface area contributed by atoms with E-state index in [1.807, 2.05) is 0 Å². The Hall–Kier alpha value is -1.97. The van der Waals surface area contributed by atoms with Crippen LogP contribution in [0.25, 0.3) is 0 Å². The largest absolute Gasteiger partial charge is 0.464 e. The van der Waals surface area contributed by atoms with Crippen molar-refractivity contribution in [1.82, 2.24) is 4.90 Å². The number of unbranched alkanes of at least 4 members (excludes halogenated alkanes) is 28. The molecule has 9 nitrogen and oxygen atoms in total. The molecule has 0 aromatic rings. The van der Waals surface area contributed by atoms with E-state index in [9.17, 15) is 19.5 Å². The Balaban J connectivity index is 4.90. The first-order chi connectivity index (χ1) is 27.6. The molecule has 1 N–H and O–H groups in total. The van der Waals surface area contributed by atoms with Crippen LogP contribution in [0.3, 0.4) is 0 Å². The Morgan fingerprint density at radius 2 is 0.807 bits per heavy atom. The fraction of sp³-hybridized carbons (Fsp3) is 0.896. The molecule has 0 aromatic carbocycles. The highest BCUT2D eigenvalue weighted by atomic mass is 16.7. The van der Waals surface area contributed by atoms with E-state index in [1.165, 1.54) is 148 Å². The van der Waals surface area contributed by atoms with Crippen LogP contribution >= 0.6 is 0 Å². The van der Waals surface area contributed by atoms with E-state index in [2.05, 4.69) is 13.8 Å². The third-order valence-electron chi connectivity index (χ3n) is 10.6. The highest BCUT2D eigenvalue weighted by molar-refractivity contribution is 5.73. The van der Waals surface area contributed by atoms with E-state index in [0.717, 1.165) is 38.5 Å². The van der Waals surface area contributed by atoms with Gasteiger partial charge in [-0.15, -0.1) is 0 Å². The lowest BCUT2D eigenvalue weighted by Gasteiger charge is -2.27. The van der Waals surface area contributed by atoms with Crippen molar-refractivity contribution in [3.8, 4) is 0 Å². The molecule has 0 amide bonds. The van der Waals surface area contributed by atoms with Crippen LogP contribution < -0.4 is 0 Å². The summed E-state index contributed by atoms with van der Waals surface area (Å²) in [7, 11) is 3.53. The second-order valence-corrected chi connectivity index (χ2v) is 16.7. The highest BCUT2D eigenvalue weighted by Gasteiger charge is 2.35. The second kappa shape index (κ2) is 39.5. The van der Waals surface area contributed by atoms with Gasteiger partial charge in [-0.3, -0.25) is 19.3 Å². The molecule has 0 aliphatic carbocycles. The molecular weight excluding hydrogens is 719 g/mol. The maximum Gasteiger partial charge on any atom is 0.320 e. The van der Waals surface area contributed by atoms with Crippen molar-refractivity contribution in [3.63, 3.8) is 0 Å². The molecule has 0 aliphatic heterocycles. The summed E-state index contributed by atoms with van der Waals surface area (Å²) in [6.07, 6.45) is 37.2. The predicted octanol–water partition coefficient (Wildman–Crippen LogP) is 13.0. The van der Waals surface area contributed by atoms with E-state index in [1.54, 1.807) is 25.9 Å². The van der Waals surface area contributed by atoms with Gasteiger partial charge < -0.3 is 24.1 Å². The lowest BCUT2D eigenvalue weighted by Crippen LogP contribution is -2.35. The van der Waals surface area contributed by atoms with Crippen molar-refractivity contribution in [2.45, 2.75) is 245 Å². The third-order valence-corrected chi connectivity index (χ3v) is 10.6. The third kappa shape index (κ3) is 35.7. The molecule has 0 rings (SSSR count). The van der Waals surface area contributed by atoms with Crippen molar-refractivity contribution in [1.29, 1.82) is 0 Å². The molecule has 0 bridgehead atoms. The maximum absolute atomic E-state index is 13.1. The summed E-state index contributed by atoms with van der Waals surface area (Å²) in [5.74, 6) is -3.79. The molecule has 0 heterocycles. The Morgan fingerprint density at radius 1 is 0.474 bits per heavy atom. The summed E-state index contributed by atoms with van der Waals surface area (Å²) >= 11 is 0. The number of hydrogen-bond donors (Lipinski definition) is 1. The molecule has 9 heteroatoms. The van der Waals surface area contributed by atoms with Crippen LogP contribution in [0.4, 0.5) is 0 Å². The van der Waals surface area contributed by atoms with Gasteiger partial charge in [-0.25, -0.2) is 0 Å². The first-order valence-corrected chi connectivity index (χ1v) is 23.9. The molecule has 1 atom stereocenters. The zero-order valence-electron chi connectivity index (χ0n) is 38.2. The summed E-state index contributed by atoms with van der Waals surface area (Å²) in [5.41, 5.74) is 0. The molecule has 0 fully saturated rings. The number of hydrogen-bond acceptors (Lipinski definition) is 9. The molecule has 0 saturated carbocycles. The first kappa shape index (κ1) is 55.0. The minimum Gasteiger partial charge on any atom is -0.464 e. The molecule has 0 radical (unpaired) electrons. The average molecular weight is 810 g/mol. The summed E-state index contributed by atoms with van der Waals surface area (Å²) in [6.45, 7) is 7.72. The molecular formula is C48H91NO8. The monoisotopic (exact) mass is 810 g/mol. The summed E-state index contributed by atoms with van der Waals surface area (Å²) in [5, 5.41) is 11.3. The number of carbonyl (C=O) groups is 3. The Morgan fingerprint density at radius 3 is 1.14 bits per heavy atom. The number of carbonyl (C=O) groups excluding carboxylic acids is 3. The van der Waals surface area contributed by atoms with E-state index in [4.69, 9.17) is 18.9 Å². The van der Waals surface area contributed by atoms with Crippen LogP contribution in [0.2, 0.25) is 0 Å². The highest BCUT2D eigenvalue weighted by Crippen LogP contribution is 2.28. The lowest BCUT2D eigenvalue weighted by atomic mass is 10.0. The van der Waals surface area contributed by atoms with Crippen LogP contribution in [0.1, 0.15) is 240 Å². The normalized spacial score (nSPS) is 13.1. The van der Waals surface area contributed by atoms with Gasteiger partial charge >= 0.3 is 17.9 Å². The van der Waals surface area contributed by atoms with Gasteiger partial charge in [0.2, 0.25) is 11.5 Å². The van der Waals surface area contributed by atoms with Crippen molar-refractivity contribution in [2.24, 2.45) is 0 Å². The maximum atomic E-state index is 13.1. The fourth-order valence-corrected chi connectivity index (χ4v) is 7.16. The predicted molar refractivity (Wildman–Crippen MR) is 235 cm³/mol. The topological polar surface area (TPSA) is 112 Å². The van der Waals surface area contributed by atoms with Gasteiger partial charge in [0.1, 0.15) is 0 Å². The minimum atomic E-state index is -2.03. The molecule has 57 heavy (non-hydrogen) atoms. The summed E-state index contributed by atoms with van der Waals surface area (Å²) < 4.78 is 22.5.